The van der Waals surface area contributed by atoms with Crippen molar-refractivity contribution in [2.45, 2.75) is 26.0 Å². The van der Waals surface area contributed by atoms with Crippen molar-refractivity contribution in [3.63, 3.8) is 0 Å². The van der Waals surface area contributed by atoms with Crippen molar-refractivity contribution in [1.29, 1.82) is 0 Å². The lowest BCUT2D eigenvalue weighted by molar-refractivity contribution is 0.402. The summed E-state index contributed by atoms with van der Waals surface area (Å²) in [6.07, 6.45) is 0. The molecule has 0 aromatic carbocycles. The van der Waals surface area contributed by atoms with Gasteiger partial charge in [-0.2, -0.15) is 0 Å². The third-order valence-electron chi connectivity index (χ3n) is 1.54. The monoisotopic (exact) mass is 143 g/mol. The number of rotatable bonds is 0. The largest absolute Gasteiger partial charge is 0.285 e. The third kappa shape index (κ3) is 1.71. The van der Waals surface area contributed by atoms with Gasteiger partial charge in [0, 0.05) is 5.25 Å². The molecule has 1 aliphatic heterocycles. The van der Waals surface area contributed by atoms with E-state index in [1.807, 2.05) is 17.3 Å². The van der Waals surface area contributed by atoms with E-state index in [1.165, 1.54) is 0 Å². The van der Waals surface area contributed by atoms with Crippen LogP contribution in [0.2, 0.25) is 0 Å². The summed E-state index contributed by atoms with van der Waals surface area (Å²) in [6.45, 7) is 7.80. The Labute approximate surface area is 60.9 Å². The molecule has 1 rings (SSSR count). The zero-order valence-corrected chi connectivity index (χ0v) is 7.03. The zero-order valence-electron chi connectivity index (χ0n) is 6.22. The van der Waals surface area contributed by atoms with Gasteiger partial charge in [-0.3, -0.25) is 4.99 Å². The van der Waals surface area contributed by atoms with Gasteiger partial charge in [0.1, 0.15) is 0 Å². The molecule has 0 amide bonds. The van der Waals surface area contributed by atoms with Crippen molar-refractivity contribution < 1.29 is 0 Å². The van der Waals surface area contributed by atoms with Crippen LogP contribution in [-0.4, -0.2) is 17.3 Å². The molecule has 0 aromatic rings. The molecule has 1 atom stereocenters. The van der Waals surface area contributed by atoms with Gasteiger partial charge in [0.2, 0.25) is 0 Å². The van der Waals surface area contributed by atoms with Crippen LogP contribution in [-0.2, 0) is 0 Å². The molecule has 0 fully saturated rings. The summed E-state index contributed by atoms with van der Waals surface area (Å²) >= 11 is 1.86. The number of thioether (sulfide) groups is 1. The van der Waals surface area contributed by atoms with E-state index in [1.54, 1.807) is 0 Å². The minimum Gasteiger partial charge on any atom is -0.285 e. The summed E-state index contributed by atoms with van der Waals surface area (Å²) in [5.41, 5.74) is 2.39. The predicted molar refractivity (Wildman–Crippen MR) is 44.2 cm³/mol. The normalized spacial score (nSPS) is 27.2. The van der Waals surface area contributed by atoms with Gasteiger partial charge in [-0.25, -0.2) is 0 Å². The van der Waals surface area contributed by atoms with E-state index in [0.717, 1.165) is 6.54 Å². The summed E-state index contributed by atoms with van der Waals surface area (Å²) in [6, 6.07) is 0. The van der Waals surface area contributed by atoms with Crippen molar-refractivity contribution in [3.8, 4) is 0 Å². The first-order chi connectivity index (χ1) is 4.11. The van der Waals surface area contributed by atoms with Gasteiger partial charge in [-0.15, -0.1) is 11.8 Å². The lowest BCUT2D eigenvalue weighted by atomic mass is 9.92. The lowest BCUT2D eigenvalue weighted by Crippen LogP contribution is -2.23. The molecule has 0 radical (unpaired) electrons. The highest BCUT2D eigenvalue weighted by atomic mass is 32.2. The topological polar surface area (TPSA) is 12.4 Å². The molecule has 0 spiro atoms. The number of aliphatic imine (C=N–C) groups is 1. The summed E-state index contributed by atoms with van der Waals surface area (Å²) in [4.78, 5) is 4.17. The van der Waals surface area contributed by atoms with E-state index in [4.69, 9.17) is 0 Å². The molecule has 9 heavy (non-hydrogen) atoms. The van der Waals surface area contributed by atoms with Gasteiger partial charge < -0.3 is 0 Å². The first-order valence-electron chi connectivity index (χ1n) is 3.24. The molecule has 0 aromatic heterocycles. The van der Waals surface area contributed by atoms with Gasteiger partial charge in [-0.05, 0) is 5.41 Å². The minimum absolute atomic E-state index is 0.418. The molecule has 0 aliphatic carbocycles. The van der Waals surface area contributed by atoms with Gasteiger partial charge >= 0.3 is 0 Å². The summed E-state index contributed by atoms with van der Waals surface area (Å²) in [5, 5.41) is 0.706. The Morgan fingerprint density at radius 1 is 1.56 bits per heavy atom. The average Bonchev–Trinajstić information content (AvgIpc) is 2.08. The van der Waals surface area contributed by atoms with E-state index < -0.39 is 0 Å². The molecular weight excluding hydrogens is 130 g/mol. The fourth-order valence-corrected chi connectivity index (χ4v) is 1.68. The Hall–Kier alpha value is 0.0200. The third-order valence-corrected chi connectivity index (χ3v) is 2.99. The van der Waals surface area contributed by atoms with Crippen LogP contribution in [0.15, 0.2) is 4.99 Å². The Balaban J connectivity index is 2.46. The second-order valence-corrected chi connectivity index (χ2v) is 4.51. The van der Waals surface area contributed by atoms with Crippen LogP contribution >= 0.6 is 11.8 Å². The number of hydrogen-bond donors (Lipinski definition) is 0. The molecule has 0 saturated carbocycles. The maximum Gasteiger partial charge on any atom is 0.0545 e. The second kappa shape index (κ2) is 2.33. The van der Waals surface area contributed by atoms with Crippen LogP contribution in [0, 0.1) is 5.41 Å². The molecule has 2 heteroatoms. The van der Waals surface area contributed by atoms with Crippen LogP contribution in [0.25, 0.3) is 0 Å². The van der Waals surface area contributed by atoms with Crippen LogP contribution in [0.1, 0.15) is 20.8 Å². The SMILES string of the molecule is CC(C)(C)[C@@H]1CN=CS1. The van der Waals surface area contributed by atoms with E-state index in [-0.39, 0.29) is 0 Å². The van der Waals surface area contributed by atoms with E-state index in [0.29, 0.717) is 10.7 Å². The van der Waals surface area contributed by atoms with Crippen molar-refractivity contribution in [2.75, 3.05) is 6.54 Å². The quantitative estimate of drug-likeness (QED) is 0.506. The average molecular weight is 143 g/mol. The van der Waals surface area contributed by atoms with Crippen molar-refractivity contribution >= 4 is 17.3 Å². The molecular formula is C7H13NS. The standard InChI is InChI=1S/C7H13NS/c1-7(2,3)6-4-8-5-9-6/h5-6H,4H2,1-3H3/t6-/m0/s1. The van der Waals surface area contributed by atoms with E-state index >= 15 is 0 Å². The van der Waals surface area contributed by atoms with E-state index in [2.05, 4.69) is 25.8 Å². The number of nitrogens with zero attached hydrogens (tertiary/aromatic N) is 1. The Bertz CT molecular complexity index is 115. The van der Waals surface area contributed by atoms with Gasteiger partial charge in [0.25, 0.3) is 0 Å². The molecule has 0 N–H and O–H groups in total. The minimum atomic E-state index is 0.418. The summed E-state index contributed by atoms with van der Waals surface area (Å²) in [7, 11) is 0. The lowest BCUT2D eigenvalue weighted by Gasteiger charge is -2.24. The molecule has 0 bridgehead atoms. The highest BCUT2D eigenvalue weighted by Crippen LogP contribution is 2.32. The second-order valence-electron chi connectivity index (χ2n) is 3.46. The van der Waals surface area contributed by atoms with Gasteiger partial charge in [0.05, 0.1) is 12.1 Å². The van der Waals surface area contributed by atoms with Crippen LogP contribution in [0.4, 0.5) is 0 Å². The van der Waals surface area contributed by atoms with E-state index in [9.17, 15) is 0 Å². The molecule has 52 valence electrons. The predicted octanol–water partition coefficient (Wildman–Crippen LogP) is 2.18. The van der Waals surface area contributed by atoms with Gasteiger partial charge in [0.15, 0.2) is 0 Å². The first kappa shape index (κ1) is 7.13. The van der Waals surface area contributed by atoms with Gasteiger partial charge in [-0.1, -0.05) is 20.8 Å². The fourth-order valence-electron chi connectivity index (χ4n) is 0.776. The molecule has 0 unspecified atom stereocenters. The molecule has 0 saturated heterocycles. The summed E-state index contributed by atoms with van der Waals surface area (Å²) in [5.74, 6) is 0. The molecule has 1 heterocycles. The van der Waals surface area contributed by atoms with Crippen LogP contribution < -0.4 is 0 Å². The highest BCUT2D eigenvalue weighted by Gasteiger charge is 2.26. The van der Waals surface area contributed by atoms with Crippen molar-refractivity contribution in [3.05, 3.63) is 0 Å². The zero-order chi connectivity index (χ0) is 6.91. The maximum absolute atomic E-state index is 4.17. The first-order valence-corrected chi connectivity index (χ1v) is 4.19. The molecule has 1 nitrogen and oxygen atoms in total. The number of hydrogen-bond acceptors (Lipinski definition) is 2. The molecule has 1 aliphatic rings. The van der Waals surface area contributed by atoms with Crippen LogP contribution in [0.5, 0.6) is 0 Å². The Morgan fingerprint density at radius 3 is 2.44 bits per heavy atom. The van der Waals surface area contributed by atoms with Crippen molar-refractivity contribution in [1.82, 2.24) is 0 Å². The van der Waals surface area contributed by atoms with Crippen LogP contribution in [0.3, 0.4) is 0 Å². The Kier molecular flexibility index (Phi) is 1.85. The van der Waals surface area contributed by atoms with Crippen molar-refractivity contribution in [2.24, 2.45) is 10.4 Å². The smallest absolute Gasteiger partial charge is 0.0545 e. The highest BCUT2D eigenvalue weighted by molar-refractivity contribution is 8.12. The fraction of sp³-hybridized carbons (Fsp3) is 0.857. The maximum atomic E-state index is 4.17. The summed E-state index contributed by atoms with van der Waals surface area (Å²) < 4.78 is 0. The Morgan fingerprint density at radius 2 is 2.22 bits per heavy atom.